The van der Waals surface area contributed by atoms with Gasteiger partial charge in [0.25, 0.3) is 0 Å². The quantitative estimate of drug-likeness (QED) is 0.747. The number of amides is 1. The van der Waals surface area contributed by atoms with Crippen LogP contribution in [-0.4, -0.2) is 18.7 Å². The summed E-state index contributed by atoms with van der Waals surface area (Å²) in [5.41, 5.74) is 1.76. The van der Waals surface area contributed by atoms with Gasteiger partial charge in [0.1, 0.15) is 6.10 Å². The van der Waals surface area contributed by atoms with E-state index in [0.717, 1.165) is 11.1 Å². The van der Waals surface area contributed by atoms with E-state index in [9.17, 15) is 9.59 Å². The third kappa shape index (κ3) is 5.34. The number of hydrogen-bond donors (Lipinski definition) is 1. The van der Waals surface area contributed by atoms with Crippen molar-refractivity contribution in [1.29, 1.82) is 0 Å². The molecule has 2 rings (SSSR count). The van der Waals surface area contributed by atoms with Gasteiger partial charge < -0.3 is 14.8 Å². The first kappa shape index (κ1) is 19.5. The van der Waals surface area contributed by atoms with Gasteiger partial charge in [0.05, 0.1) is 18.6 Å². The largest absolute Gasteiger partial charge is 0.508 e. The summed E-state index contributed by atoms with van der Waals surface area (Å²) in [6, 6.07) is 18.8. The molecule has 5 nitrogen and oxygen atoms in total. The van der Waals surface area contributed by atoms with Crippen molar-refractivity contribution < 1.29 is 19.1 Å². The minimum Gasteiger partial charge on any atom is -0.435 e. The minimum absolute atomic E-state index is 0.148. The van der Waals surface area contributed by atoms with Crippen molar-refractivity contribution in [3.8, 4) is 0 Å². The Morgan fingerprint density at radius 3 is 2.00 bits per heavy atom. The summed E-state index contributed by atoms with van der Waals surface area (Å²) in [5.74, 6) is -0.771. The first-order valence-electron chi connectivity index (χ1n) is 8.76. The molecule has 2 aromatic carbocycles. The first-order chi connectivity index (χ1) is 12.5. The van der Waals surface area contributed by atoms with Crippen LogP contribution < -0.4 is 5.32 Å². The van der Waals surface area contributed by atoms with Crippen LogP contribution in [0.4, 0.5) is 4.79 Å². The molecule has 0 spiro atoms. The Balaban J connectivity index is 2.12. The van der Waals surface area contributed by atoms with Gasteiger partial charge in [-0.15, -0.1) is 0 Å². The van der Waals surface area contributed by atoms with Crippen LogP contribution in [0.5, 0.6) is 0 Å². The molecular formula is C21H25NO4. The van der Waals surface area contributed by atoms with Gasteiger partial charge in [-0.2, -0.15) is 0 Å². The Hall–Kier alpha value is -2.82. The van der Waals surface area contributed by atoms with Crippen LogP contribution in [0, 0.1) is 5.92 Å². The average molecular weight is 355 g/mol. The molecule has 3 atom stereocenters. The molecule has 0 aromatic heterocycles. The van der Waals surface area contributed by atoms with Gasteiger partial charge in [0.15, 0.2) is 0 Å². The minimum atomic E-state index is -0.780. The zero-order chi connectivity index (χ0) is 18.9. The van der Waals surface area contributed by atoms with E-state index in [1.807, 2.05) is 67.6 Å². The summed E-state index contributed by atoms with van der Waals surface area (Å²) in [6.07, 6.45) is -1.50. The third-order valence-electron chi connectivity index (χ3n) is 4.14. The zero-order valence-electron chi connectivity index (χ0n) is 15.3. The lowest BCUT2D eigenvalue weighted by Gasteiger charge is -2.25. The molecule has 0 aliphatic heterocycles. The second-order valence-corrected chi connectivity index (χ2v) is 6.06. The van der Waals surface area contributed by atoms with E-state index in [1.165, 1.54) is 0 Å². The molecule has 0 fully saturated rings. The van der Waals surface area contributed by atoms with E-state index in [2.05, 4.69) is 5.32 Å². The molecule has 0 saturated carbocycles. The van der Waals surface area contributed by atoms with Crippen LogP contribution in [0.25, 0.3) is 0 Å². The van der Waals surface area contributed by atoms with E-state index < -0.39 is 18.2 Å². The first-order valence-corrected chi connectivity index (χ1v) is 8.76. The van der Waals surface area contributed by atoms with Crippen molar-refractivity contribution in [3.63, 3.8) is 0 Å². The molecule has 26 heavy (non-hydrogen) atoms. The fraction of sp³-hybridized carbons (Fsp3) is 0.333. The van der Waals surface area contributed by atoms with Gasteiger partial charge in [0.2, 0.25) is 5.91 Å². The maximum Gasteiger partial charge on any atom is 0.508 e. The van der Waals surface area contributed by atoms with Crippen molar-refractivity contribution >= 4 is 12.1 Å². The highest BCUT2D eigenvalue weighted by Crippen LogP contribution is 2.27. The van der Waals surface area contributed by atoms with Gasteiger partial charge in [-0.05, 0) is 31.9 Å². The number of rotatable bonds is 7. The number of carbonyl (C=O) groups is 2. The summed E-state index contributed by atoms with van der Waals surface area (Å²) < 4.78 is 10.3. The second kappa shape index (κ2) is 9.61. The van der Waals surface area contributed by atoms with Crippen molar-refractivity contribution in [2.24, 2.45) is 5.92 Å². The Kier molecular flexibility index (Phi) is 7.21. The highest BCUT2D eigenvalue weighted by molar-refractivity contribution is 5.80. The van der Waals surface area contributed by atoms with Crippen LogP contribution >= 0.6 is 0 Å². The molecule has 0 radical (unpaired) electrons. The summed E-state index contributed by atoms with van der Waals surface area (Å²) in [6.45, 7) is 5.58. The fourth-order valence-corrected chi connectivity index (χ4v) is 2.66. The predicted molar refractivity (Wildman–Crippen MR) is 99.5 cm³/mol. The monoisotopic (exact) mass is 355 g/mol. The number of carbonyl (C=O) groups excluding carboxylic acids is 2. The van der Waals surface area contributed by atoms with E-state index in [-0.39, 0.29) is 18.6 Å². The summed E-state index contributed by atoms with van der Waals surface area (Å²) in [7, 11) is 0. The van der Waals surface area contributed by atoms with Crippen LogP contribution in [0.2, 0.25) is 0 Å². The Bertz CT molecular complexity index is 702. The van der Waals surface area contributed by atoms with Crippen molar-refractivity contribution in [2.75, 3.05) is 6.61 Å². The number of benzene rings is 2. The molecule has 0 aliphatic carbocycles. The second-order valence-electron chi connectivity index (χ2n) is 6.06. The van der Waals surface area contributed by atoms with Crippen molar-refractivity contribution in [3.05, 3.63) is 71.8 Å². The highest BCUT2D eigenvalue weighted by atomic mass is 16.7. The third-order valence-corrected chi connectivity index (χ3v) is 4.14. The number of hydrogen-bond acceptors (Lipinski definition) is 4. The van der Waals surface area contributed by atoms with Crippen molar-refractivity contribution in [1.82, 2.24) is 5.32 Å². The lowest BCUT2D eigenvalue weighted by Crippen LogP contribution is -2.35. The molecule has 0 aliphatic rings. The molecule has 0 unspecified atom stereocenters. The normalized spacial score (nSPS) is 14.0. The standard InChI is InChI=1S/C21H25NO4/c1-4-25-21(24)26-19(18-13-9-6-10-14-18)15(2)20(23)22-16(3)17-11-7-5-8-12-17/h5-16,19H,4H2,1-3H3,(H,22,23)/t15-,16-,19-/m0/s1. The molecule has 2 aromatic rings. The van der Waals surface area contributed by atoms with Gasteiger partial charge >= 0.3 is 6.16 Å². The Labute approximate surface area is 154 Å². The van der Waals surface area contributed by atoms with Crippen LogP contribution in [0.3, 0.4) is 0 Å². The lowest BCUT2D eigenvalue weighted by atomic mass is 9.95. The van der Waals surface area contributed by atoms with E-state index in [0.29, 0.717) is 0 Å². The zero-order valence-corrected chi connectivity index (χ0v) is 15.3. The molecule has 0 bridgehead atoms. The van der Waals surface area contributed by atoms with E-state index in [1.54, 1.807) is 13.8 Å². The summed E-state index contributed by atoms with van der Waals surface area (Å²) in [4.78, 5) is 24.6. The SMILES string of the molecule is CCOC(=O)O[C@H](c1ccccc1)[C@H](C)C(=O)N[C@@H](C)c1ccccc1. The predicted octanol–water partition coefficient (Wildman–Crippen LogP) is 4.41. The summed E-state index contributed by atoms with van der Waals surface area (Å²) >= 11 is 0. The van der Waals surface area contributed by atoms with Crippen LogP contribution in [0.1, 0.15) is 44.0 Å². The maximum atomic E-state index is 12.7. The van der Waals surface area contributed by atoms with E-state index >= 15 is 0 Å². The molecule has 5 heteroatoms. The van der Waals surface area contributed by atoms with Gasteiger partial charge in [-0.1, -0.05) is 60.7 Å². The lowest BCUT2D eigenvalue weighted by molar-refractivity contribution is -0.129. The van der Waals surface area contributed by atoms with Crippen LogP contribution in [-0.2, 0) is 14.3 Å². The van der Waals surface area contributed by atoms with Crippen LogP contribution in [0.15, 0.2) is 60.7 Å². The van der Waals surface area contributed by atoms with Crippen molar-refractivity contribution in [2.45, 2.75) is 32.9 Å². The van der Waals surface area contributed by atoms with Gasteiger partial charge in [0, 0.05) is 0 Å². The van der Waals surface area contributed by atoms with E-state index in [4.69, 9.17) is 9.47 Å². The number of ether oxygens (including phenoxy) is 2. The molecule has 0 saturated heterocycles. The number of nitrogens with one attached hydrogen (secondary N) is 1. The molecule has 0 heterocycles. The van der Waals surface area contributed by atoms with Gasteiger partial charge in [-0.25, -0.2) is 4.79 Å². The fourth-order valence-electron chi connectivity index (χ4n) is 2.66. The summed E-state index contributed by atoms with van der Waals surface area (Å²) in [5, 5.41) is 2.98. The topological polar surface area (TPSA) is 64.6 Å². The van der Waals surface area contributed by atoms with Gasteiger partial charge in [-0.3, -0.25) is 4.79 Å². The highest BCUT2D eigenvalue weighted by Gasteiger charge is 2.30. The molecule has 1 amide bonds. The maximum absolute atomic E-state index is 12.7. The average Bonchev–Trinajstić information content (AvgIpc) is 2.67. The molecular weight excluding hydrogens is 330 g/mol. The molecule has 1 N–H and O–H groups in total. The Morgan fingerprint density at radius 1 is 0.923 bits per heavy atom. The molecule has 138 valence electrons. The Morgan fingerprint density at radius 2 is 1.46 bits per heavy atom. The smallest absolute Gasteiger partial charge is 0.435 e.